The maximum absolute atomic E-state index is 9.56. The molecule has 2 heterocycles. The van der Waals surface area contributed by atoms with Crippen LogP contribution < -0.4 is 0 Å². The van der Waals surface area contributed by atoms with E-state index < -0.39 is 0 Å². The summed E-state index contributed by atoms with van der Waals surface area (Å²) in [6.45, 7) is 0. The minimum Gasteiger partial charge on any atom is -0.455 e. The fraction of sp³-hybridized carbons (Fsp3) is 0. The van der Waals surface area contributed by atoms with E-state index in [9.17, 15) is 10.5 Å². The summed E-state index contributed by atoms with van der Waals surface area (Å²) in [4.78, 5) is 0. The van der Waals surface area contributed by atoms with Gasteiger partial charge in [0.2, 0.25) is 0 Å². The molecular weight excluding hydrogens is 538 g/mol. The zero-order chi connectivity index (χ0) is 29.4. The van der Waals surface area contributed by atoms with Crippen LogP contribution in [0.1, 0.15) is 11.1 Å². The summed E-state index contributed by atoms with van der Waals surface area (Å²) < 4.78 is 8.85. The zero-order valence-electron chi connectivity index (χ0n) is 23.4. The SMILES string of the molecule is N#Cc1ccc2c(c1)c1cc(C#N)ccc1n2-c1ccc(-c2cc3ccccc3c3c2oc2ccc4ccccc4c23)cc1. The Balaban J connectivity index is 1.29. The van der Waals surface area contributed by atoms with Crippen LogP contribution in [0.15, 0.2) is 132 Å². The smallest absolute Gasteiger partial charge is 0.143 e. The molecule has 0 spiro atoms. The molecule has 9 rings (SSSR count). The molecular formula is C40H21N3O. The summed E-state index contributed by atoms with van der Waals surface area (Å²) in [5.74, 6) is 0. The summed E-state index contributed by atoms with van der Waals surface area (Å²) in [5, 5.41) is 28.0. The first-order valence-corrected chi connectivity index (χ1v) is 14.5. The fourth-order valence-corrected chi connectivity index (χ4v) is 6.83. The van der Waals surface area contributed by atoms with Gasteiger partial charge in [0.15, 0.2) is 0 Å². The first-order chi connectivity index (χ1) is 21.7. The van der Waals surface area contributed by atoms with Gasteiger partial charge in [-0.25, -0.2) is 0 Å². The van der Waals surface area contributed by atoms with Gasteiger partial charge in [-0.15, -0.1) is 0 Å². The molecule has 0 aliphatic rings. The van der Waals surface area contributed by atoms with Crippen LogP contribution in [0.4, 0.5) is 0 Å². The molecule has 0 aliphatic carbocycles. The molecule has 0 radical (unpaired) electrons. The molecule has 2 aromatic heterocycles. The quantitative estimate of drug-likeness (QED) is 0.212. The minimum atomic E-state index is 0.591. The molecule has 0 saturated carbocycles. The van der Waals surface area contributed by atoms with E-state index in [1.54, 1.807) is 0 Å². The normalized spacial score (nSPS) is 11.6. The Morgan fingerprint density at radius 2 is 1.14 bits per heavy atom. The maximum Gasteiger partial charge on any atom is 0.143 e. The summed E-state index contributed by atoms with van der Waals surface area (Å²) in [6, 6.07) is 47.9. The molecule has 0 unspecified atom stereocenters. The molecule has 0 saturated heterocycles. The van der Waals surface area contributed by atoms with E-state index in [4.69, 9.17) is 4.42 Å². The van der Waals surface area contributed by atoms with E-state index >= 15 is 0 Å². The Morgan fingerprint density at radius 3 is 1.80 bits per heavy atom. The molecule has 44 heavy (non-hydrogen) atoms. The van der Waals surface area contributed by atoms with E-state index in [1.807, 2.05) is 36.4 Å². The van der Waals surface area contributed by atoms with E-state index in [1.165, 1.54) is 21.5 Å². The second kappa shape index (κ2) is 9.07. The van der Waals surface area contributed by atoms with Crippen molar-refractivity contribution >= 4 is 65.3 Å². The molecule has 4 nitrogen and oxygen atoms in total. The van der Waals surface area contributed by atoms with Crippen molar-refractivity contribution in [3.8, 4) is 29.0 Å². The number of nitriles is 2. The Hall–Kier alpha value is -6.36. The monoisotopic (exact) mass is 559 g/mol. The molecule has 0 atom stereocenters. The number of fused-ring (bicyclic) bond motifs is 10. The Bertz CT molecular complexity index is 2660. The van der Waals surface area contributed by atoms with Crippen molar-refractivity contribution < 1.29 is 4.42 Å². The summed E-state index contributed by atoms with van der Waals surface area (Å²) in [6.07, 6.45) is 0. The molecule has 0 N–H and O–H groups in total. The van der Waals surface area contributed by atoms with Gasteiger partial charge < -0.3 is 8.98 Å². The number of rotatable bonds is 2. The number of furan rings is 1. The van der Waals surface area contributed by atoms with Gasteiger partial charge in [0.1, 0.15) is 11.2 Å². The highest BCUT2D eigenvalue weighted by Crippen LogP contribution is 2.43. The van der Waals surface area contributed by atoms with Gasteiger partial charge in [0, 0.05) is 32.8 Å². The molecule has 0 fully saturated rings. The number of hydrogen-bond acceptors (Lipinski definition) is 3. The van der Waals surface area contributed by atoms with E-state index in [0.717, 1.165) is 60.6 Å². The van der Waals surface area contributed by atoms with Crippen LogP contribution in [0.2, 0.25) is 0 Å². The summed E-state index contributed by atoms with van der Waals surface area (Å²) in [5.41, 5.74) is 8.02. The second-order valence-electron chi connectivity index (χ2n) is 11.2. The van der Waals surface area contributed by atoms with Crippen molar-refractivity contribution in [3.05, 3.63) is 139 Å². The highest BCUT2D eigenvalue weighted by molar-refractivity contribution is 6.28. The first kappa shape index (κ1) is 24.3. The Kier molecular flexibility index (Phi) is 5.00. The van der Waals surface area contributed by atoms with Crippen molar-refractivity contribution in [2.75, 3.05) is 0 Å². The number of benzene rings is 7. The van der Waals surface area contributed by atoms with E-state index in [-0.39, 0.29) is 0 Å². The molecule has 4 heteroatoms. The zero-order valence-corrected chi connectivity index (χ0v) is 23.4. The van der Waals surface area contributed by atoms with Crippen LogP contribution >= 0.6 is 0 Å². The van der Waals surface area contributed by atoms with Crippen LogP contribution in [-0.4, -0.2) is 4.57 Å². The minimum absolute atomic E-state index is 0.591. The standard InChI is InChI=1S/C40H21N3O/c41-22-24-9-16-35-33(19-24)34-20-25(23-42)10-17-36(34)43(35)29-14-11-27(12-15-29)32-21-28-6-2-4-8-31(28)39-38-30-7-3-1-5-26(30)13-18-37(38)44-40(32)39/h1-21H. The third-order valence-electron chi connectivity index (χ3n) is 8.81. The van der Waals surface area contributed by atoms with E-state index in [2.05, 4.69) is 108 Å². The molecule has 0 aliphatic heterocycles. The molecule has 0 bridgehead atoms. The van der Waals surface area contributed by atoms with Crippen LogP contribution in [0.3, 0.4) is 0 Å². The number of hydrogen-bond donors (Lipinski definition) is 0. The van der Waals surface area contributed by atoms with Crippen molar-refractivity contribution in [2.45, 2.75) is 0 Å². The van der Waals surface area contributed by atoms with Gasteiger partial charge in [0.25, 0.3) is 0 Å². The van der Waals surface area contributed by atoms with Gasteiger partial charge in [-0.05, 0) is 87.8 Å². The predicted molar refractivity (Wildman–Crippen MR) is 178 cm³/mol. The molecule has 9 aromatic rings. The van der Waals surface area contributed by atoms with Crippen LogP contribution in [0, 0.1) is 22.7 Å². The number of nitrogens with zero attached hydrogens (tertiary/aromatic N) is 3. The van der Waals surface area contributed by atoms with Gasteiger partial charge >= 0.3 is 0 Å². The Labute approximate surface area is 251 Å². The number of aromatic nitrogens is 1. The lowest BCUT2D eigenvalue weighted by molar-refractivity contribution is 0.670. The highest BCUT2D eigenvalue weighted by atomic mass is 16.3. The van der Waals surface area contributed by atoms with Crippen molar-refractivity contribution in [3.63, 3.8) is 0 Å². The van der Waals surface area contributed by atoms with Crippen LogP contribution in [-0.2, 0) is 0 Å². The lowest BCUT2D eigenvalue weighted by Crippen LogP contribution is -1.94. The predicted octanol–water partition coefficient (Wildman–Crippen LogP) is 10.4. The van der Waals surface area contributed by atoms with Crippen molar-refractivity contribution in [1.82, 2.24) is 4.57 Å². The van der Waals surface area contributed by atoms with Gasteiger partial charge in [-0.1, -0.05) is 66.7 Å². The highest BCUT2D eigenvalue weighted by Gasteiger charge is 2.19. The van der Waals surface area contributed by atoms with Gasteiger partial charge in [-0.3, -0.25) is 0 Å². The lowest BCUT2D eigenvalue weighted by atomic mass is 9.95. The lowest BCUT2D eigenvalue weighted by Gasteiger charge is -2.11. The maximum atomic E-state index is 9.56. The molecule has 7 aromatic carbocycles. The average Bonchev–Trinajstić information content (AvgIpc) is 3.64. The van der Waals surface area contributed by atoms with Gasteiger partial charge in [-0.2, -0.15) is 10.5 Å². The van der Waals surface area contributed by atoms with Crippen LogP contribution in [0.25, 0.3) is 82.1 Å². The van der Waals surface area contributed by atoms with Crippen LogP contribution in [0.5, 0.6) is 0 Å². The summed E-state index contributed by atoms with van der Waals surface area (Å²) in [7, 11) is 0. The molecule has 202 valence electrons. The fourth-order valence-electron chi connectivity index (χ4n) is 6.83. The Morgan fingerprint density at radius 1 is 0.523 bits per heavy atom. The third-order valence-corrected chi connectivity index (χ3v) is 8.81. The summed E-state index contributed by atoms with van der Waals surface area (Å²) >= 11 is 0. The first-order valence-electron chi connectivity index (χ1n) is 14.5. The van der Waals surface area contributed by atoms with Crippen molar-refractivity contribution in [2.24, 2.45) is 0 Å². The largest absolute Gasteiger partial charge is 0.455 e. The average molecular weight is 560 g/mol. The topological polar surface area (TPSA) is 65.7 Å². The van der Waals surface area contributed by atoms with E-state index in [0.29, 0.717) is 11.1 Å². The van der Waals surface area contributed by atoms with Gasteiger partial charge in [0.05, 0.1) is 34.3 Å². The third kappa shape index (κ3) is 3.37. The second-order valence-corrected chi connectivity index (χ2v) is 11.2. The van der Waals surface area contributed by atoms with Crippen molar-refractivity contribution in [1.29, 1.82) is 10.5 Å². The molecule has 0 amide bonds.